The molecule has 0 saturated heterocycles. The van der Waals surface area contributed by atoms with E-state index in [9.17, 15) is 8.78 Å². The summed E-state index contributed by atoms with van der Waals surface area (Å²) in [4.78, 5) is 0. The SMILES string of the molecule is C.CC(C)C(F)F. The fourth-order valence-electron chi connectivity index (χ4n) is 0. The first-order chi connectivity index (χ1) is 2.64. The summed E-state index contributed by atoms with van der Waals surface area (Å²) in [7, 11) is 0. The average molecular weight is 110 g/mol. The Balaban J connectivity index is 0. The van der Waals surface area contributed by atoms with Crippen LogP contribution in [-0.2, 0) is 0 Å². The van der Waals surface area contributed by atoms with E-state index >= 15 is 0 Å². The first-order valence-corrected chi connectivity index (χ1v) is 1.92. The third-order valence-electron chi connectivity index (χ3n) is 0.504. The predicted octanol–water partition coefficient (Wildman–Crippen LogP) is 2.54. The van der Waals surface area contributed by atoms with Crippen LogP contribution in [0.1, 0.15) is 21.3 Å². The zero-order chi connectivity index (χ0) is 5.15. The van der Waals surface area contributed by atoms with Crippen molar-refractivity contribution >= 4 is 0 Å². The van der Waals surface area contributed by atoms with Crippen molar-refractivity contribution in [2.75, 3.05) is 0 Å². The Kier molecular flexibility index (Phi) is 5.74. The lowest BCUT2D eigenvalue weighted by atomic mass is 10.2. The van der Waals surface area contributed by atoms with Crippen molar-refractivity contribution < 1.29 is 8.78 Å². The van der Waals surface area contributed by atoms with E-state index in [-0.39, 0.29) is 7.43 Å². The Labute approximate surface area is 43.5 Å². The Bertz CT molecular complexity index is 27.1. The second-order valence-electron chi connectivity index (χ2n) is 1.58. The lowest BCUT2D eigenvalue weighted by Crippen LogP contribution is -1.99. The molecule has 46 valence electrons. The molecular weight excluding hydrogens is 98.1 g/mol. The summed E-state index contributed by atoms with van der Waals surface area (Å²) < 4.78 is 22.3. The van der Waals surface area contributed by atoms with E-state index in [0.717, 1.165) is 0 Å². The number of alkyl halides is 2. The third kappa shape index (κ3) is 5.86. The smallest absolute Gasteiger partial charge is 0.210 e. The summed E-state index contributed by atoms with van der Waals surface area (Å²) in [6, 6.07) is 0. The van der Waals surface area contributed by atoms with Gasteiger partial charge in [-0.25, -0.2) is 8.78 Å². The van der Waals surface area contributed by atoms with Crippen LogP contribution < -0.4 is 0 Å². The standard InChI is InChI=1S/C4H8F2.CH4/c1-3(2)4(5)6;/h3-4H,1-2H3;1H4. The fraction of sp³-hybridized carbons (Fsp3) is 1.00. The molecule has 7 heavy (non-hydrogen) atoms. The van der Waals surface area contributed by atoms with Crippen LogP contribution in [0.5, 0.6) is 0 Å². The van der Waals surface area contributed by atoms with Gasteiger partial charge in [0.15, 0.2) is 0 Å². The molecule has 0 unspecified atom stereocenters. The summed E-state index contributed by atoms with van der Waals surface area (Å²) in [6.07, 6.45) is -2.15. The quantitative estimate of drug-likeness (QED) is 0.486. The van der Waals surface area contributed by atoms with Crippen molar-refractivity contribution in [2.45, 2.75) is 27.7 Å². The molecule has 0 amide bonds. The van der Waals surface area contributed by atoms with E-state index in [1.807, 2.05) is 0 Å². The third-order valence-corrected chi connectivity index (χ3v) is 0.504. The minimum Gasteiger partial charge on any atom is -0.210 e. The first-order valence-electron chi connectivity index (χ1n) is 1.92. The summed E-state index contributed by atoms with van der Waals surface area (Å²) in [5.74, 6) is -0.481. The molecule has 0 bridgehead atoms. The largest absolute Gasteiger partial charge is 0.240 e. The van der Waals surface area contributed by atoms with Crippen LogP contribution in [0.25, 0.3) is 0 Å². The van der Waals surface area contributed by atoms with E-state index in [1.54, 1.807) is 0 Å². The molecule has 2 heteroatoms. The Hall–Kier alpha value is -0.140. The first kappa shape index (κ1) is 9.97. The van der Waals surface area contributed by atoms with Crippen molar-refractivity contribution in [3.05, 3.63) is 0 Å². The van der Waals surface area contributed by atoms with E-state index in [4.69, 9.17) is 0 Å². The van der Waals surface area contributed by atoms with Crippen LogP contribution in [0.4, 0.5) is 8.78 Å². The second kappa shape index (κ2) is 4.03. The maximum Gasteiger partial charge on any atom is 0.240 e. The van der Waals surface area contributed by atoms with Crippen molar-refractivity contribution in [2.24, 2.45) is 5.92 Å². The Morgan fingerprint density at radius 3 is 1.29 bits per heavy atom. The maximum atomic E-state index is 11.2. The minimum absolute atomic E-state index is 0. The zero-order valence-corrected chi connectivity index (χ0v) is 3.91. The normalized spacial score (nSPS) is 9.43. The second-order valence-corrected chi connectivity index (χ2v) is 1.58. The van der Waals surface area contributed by atoms with Gasteiger partial charge in [0.05, 0.1) is 0 Å². The zero-order valence-electron chi connectivity index (χ0n) is 3.91. The molecule has 0 aromatic rings. The summed E-state index contributed by atoms with van der Waals surface area (Å²) in [5.41, 5.74) is 0. The van der Waals surface area contributed by atoms with Gasteiger partial charge in [-0.15, -0.1) is 0 Å². The highest BCUT2D eigenvalue weighted by atomic mass is 19.3. The van der Waals surface area contributed by atoms with Gasteiger partial charge in [0.25, 0.3) is 0 Å². The average Bonchev–Trinajstić information content (AvgIpc) is 1.36. The highest BCUT2D eigenvalue weighted by Crippen LogP contribution is 2.04. The molecule has 0 aromatic heterocycles. The van der Waals surface area contributed by atoms with Gasteiger partial charge in [-0.3, -0.25) is 0 Å². The summed E-state index contributed by atoms with van der Waals surface area (Å²) >= 11 is 0. The molecule has 0 nitrogen and oxygen atoms in total. The van der Waals surface area contributed by atoms with Crippen LogP contribution in [0.3, 0.4) is 0 Å². The molecule has 0 aliphatic heterocycles. The molecule has 0 saturated carbocycles. The van der Waals surface area contributed by atoms with Gasteiger partial charge >= 0.3 is 0 Å². The molecule has 0 spiro atoms. The molecule has 0 aromatic carbocycles. The van der Waals surface area contributed by atoms with Gasteiger partial charge in [0, 0.05) is 5.92 Å². The van der Waals surface area contributed by atoms with E-state index in [1.165, 1.54) is 13.8 Å². The highest BCUT2D eigenvalue weighted by molar-refractivity contribution is 4.41. The van der Waals surface area contributed by atoms with E-state index in [2.05, 4.69) is 0 Å². The molecule has 0 atom stereocenters. The van der Waals surface area contributed by atoms with E-state index in [0.29, 0.717) is 0 Å². The highest BCUT2D eigenvalue weighted by Gasteiger charge is 2.05. The van der Waals surface area contributed by atoms with Gasteiger partial charge < -0.3 is 0 Å². The monoisotopic (exact) mass is 110 g/mol. The molecule has 0 heterocycles. The number of rotatable bonds is 1. The molecule has 0 rings (SSSR count). The molecule has 0 fully saturated rings. The van der Waals surface area contributed by atoms with Gasteiger partial charge in [-0.1, -0.05) is 21.3 Å². The van der Waals surface area contributed by atoms with Crippen LogP contribution in [0, 0.1) is 5.92 Å². The van der Waals surface area contributed by atoms with Crippen molar-refractivity contribution in [1.29, 1.82) is 0 Å². The van der Waals surface area contributed by atoms with E-state index < -0.39 is 12.3 Å². The maximum absolute atomic E-state index is 11.2. The predicted molar refractivity (Wildman–Crippen MR) is 27.6 cm³/mol. The topological polar surface area (TPSA) is 0 Å². The number of halogens is 2. The lowest BCUT2D eigenvalue weighted by molar-refractivity contribution is 0.0955. The summed E-state index contributed by atoms with van der Waals surface area (Å²) in [5, 5.41) is 0. The Morgan fingerprint density at radius 2 is 1.29 bits per heavy atom. The number of hydrogen-bond acceptors (Lipinski definition) is 0. The molecule has 0 radical (unpaired) electrons. The molecule has 0 aliphatic rings. The number of hydrogen-bond donors (Lipinski definition) is 0. The van der Waals surface area contributed by atoms with Gasteiger partial charge in [0.1, 0.15) is 0 Å². The lowest BCUT2D eigenvalue weighted by Gasteiger charge is -1.97. The van der Waals surface area contributed by atoms with Crippen LogP contribution in [0.15, 0.2) is 0 Å². The van der Waals surface area contributed by atoms with Gasteiger partial charge in [0.2, 0.25) is 6.43 Å². The Morgan fingerprint density at radius 1 is 1.14 bits per heavy atom. The summed E-state index contributed by atoms with van der Waals surface area (Å²) in [6.45, 7) is 2.98. The molecule has 0 N–H and O–H groups in total. The molecular formula is C5H12F2. The van der Waals surface area contributed by atoms with Gasteiger partial charge in [-0.05, 0) is 0 Å². The minimum atomic E-state index is -2.15. The van der Waals surface area contributed by atoms with Crippen molar-refractivity contribution in [1.82, 2.24) is 0 Å². The fourth-order valence-corrected chi connectivity index (χ4v) is 0. The van der Waals surface area contributed by atoms with Crippen LogP contribution >= 0.6 is 0 Å². The van der Waals surface area contributed by atoms with Crippen molar-refractivity contribution in [3.8, 4) is 0 Å². The van der Waals surface area contributed by atoms with Crippen molar-refractivity contribution in [3.63, 3.8) is 0 Å². The molecule has 0 aliphatic carbocycles. The van der Waals surface area contributed by atoms with Crippen LogP contribution in [-0.4, -0.2) is 6.43 Å². The van der Waals surface area contributed by atoms with Gasteiger partial charge in [-0.2, -0.15) is 0 Å². The van der Waals surface area contributed by atoms with Crippen LogP contribution in [0.2, 0.25) is 0 Å².